The summed E-state index contributed by atoms with van der Waals surface area (Å²) in [6, 6.07) is 9.38. The zero-order valence-corrected chi connectivity index (χ0v) is 14.1. The summed E-state index contributed by atoms with van der Waals surface area (Å²) in [5, 5.41) is 18.4. The first-order valence-corrected chi connectivity index (χ1v) is 9.08. The molecule has 2 aromatic rings. The monoisotopic (exact) mass is 348 g/mol. The third kappa shape index (κ3) is 4.34. The smallest absolute Gasteiger partial charge is 0.209 e. The minimum absolute atomic E-state index is 0.524. The van der Waals surface area contributed by atoms with Crippen LogP contribution in [0.4, 0.5) is 5.13 Å². The first kappa shape index (κ1) is 16.1. The molecule has 1 aliphatic rings. The maximum atomic E-state index is 9.01. The number of rotatable bonds is 6. The maximum Gasteiger partial charge on any atom is 0.209 e. The first-order chi connectivity index (χ1) is 11.4. The van der Waals surface area contributed by atoms with Gasteiger partial charge in [-0.15, -0.1) is 10.2 Å². The molecule has 1 saturated heterocycles. The van der Waals surface area contributed by atoms with E-state index in [9.17, 15) is 0 Å². The maximum absolute atomic E-state index is 9.01. The predicted octanol–water partition coefficient (Wildman–Crippen LogP) is 2.42. The van der Waals surface area contributed by atoms with Crippen molar-refractivity contribution in [2.75, 3.05) is 43.6 Å². The van der Waals surface area contributed by atoms with Gasteiger partial charge >= 0.3 is 0 Å². The van der Waals surface area contributed by atoms with Gasteiger partial charge in [-0.3, -0.25) is 0 Å². The number of nitrogens with zero attached hydrogens (tertiary/aromatic N) is 4. The van der Waals surface area contributed by atoms with E-state index in [-0.39, 0.29) is 0 Å². The number of nitriles is 1. The number of thioether (sulfide) groups is 1. The highest BCUT2D eigenvalue weighted by Gasteiger charge is 2.15. The van der Waals surface area contributed by atoms with Crippen LogP contribution in [0.2, 0.25) is 0 Å². The van der Waals surface area contributed by atoms with Crippen molar-refractivity contribution in [2.45, 2.75) is 4.34 Å². The molecule has 120 valence electrons. The Morgan fingerprint density at radius 3 is 2.96 bits per heavy atom. The van der Waals surface area contributed by atoms with E-state index in [4.69, 9.17) is 14.7 Å². The normalized spacial score (nSPS) is 14.5. The fraction of sp³-hybridized carbons (Fsp3) is 0.400. The summed E-state index contributed by atoms with van der Waals surface area (Å²) in [4.78, 5) is 2.20. The van der Waals surface area contributed by atoms with Gasteiger partial charge in [-0.05, 0) is 12.1 Å². The van der Waals surface area contributed by atoms with Crippen molar-refractivity contribution in [3.63, 3.8) is 0 Å². The van der Waals surface area contributed by atoms with Crippen LogP contribution in [0.15, 0.2) is 28.6 Å². The molecule has 1 aromatic carbocycles. The van der Waals surface area contributed by atoms with Gasteiger partial charge < -0.3 is 14.4 Å². The molecule has 1 aromatic heterocycles. The molecular formula is C15H16N4O2S2. The minimum Gasteiger partial charge on any atom is -0.491 e. The molecule has 2 heterocycles. The Morgan fingerprint density at radius 2 is 2.13 bits per heavy atom. The molecule has 8 heteroatoms. The van der Waals surface area contributed by atoms with Crippen LogP contribution in [0.3, 0.4) is 0 Å². The van der Waals surface area contributed by atoms with E-state index in [1.165, 1.54) is 0 Å². The van der Waals surface area contributed by atoms with E-state index in [2.05, 4.69) is 21.2 Å². The van der Waals surface area contributed by atoms with Crippen LogP contribution in [0.25, 0.3) is 0 Å². The number of aromatic nitrogens is 2. The topological polar surface area (TPSA) is 71.3 Å². The lowest BCUT2D eigenvalue weighted by Gasteiger charge is -2.25. The molecule has 0 atom stereocenters. The zero-order valence-electron chi connectivity index (χ0n) is 12.5. The van der Waals surface area contributed by atoms with E-state index in [1.54, 1.807) is 29.2 Å². The molecule has 3 rings (SSSR count). The Balaban J connectivity index is 1.46. The quantitative estimate of drug-likeness (QED) is 0.586. The van der Waals surface area contributed by atoms with E-state index in [0.717, 1.165) is 41.5 Å². The summed E-state index contributed by atoms with van der Waals surface area (Å²) >= 11 is 3.21. The van der Waals surface area contributed by atoms with Gasteiger partial charge in [0.25, 0.3) is 0 Å². The van der Waals surface area contributed by atoms with Gasteiger partial charge in [0.15, 0.2) is 4.34 Å². The van der Waals surface area contributed by atoms with Gasteiger partial charge in [0.05, 0.1) is 25.4 Å². The van der Waals surface area contributed by atoms with Gasteiger partial charge in [0.2, 0.25) is 5.13 Å². The largest absolute Gasteiger partial charge is 0.491 e. The molecule has 0 amide bonds. The highest BCUT2D eigenvalue weighted by atomic mass is 32.2. The molecule has 0 bridgehead atoms. The highest BCUT2D eigenvalue weighted by Crippen LogP contribution is 2.28. The van der Waals surface area contributed by atoms with E-state index >= 15 is 0 Å². The number of hydrogen-bond donors (Lipinski definition) is 0. The number of para-hydroxylation sites is 1. The highest BCUT2D eigenvalue weighted by molar-refractivity contribution is 8.01. The molecule has 0 aliphatic carbocycles. The fourth-order valence-electron chi connectivity index (χ4n) is 2.11. The first-order valence-electron chi connectivity index (χ1n) is 7.28. The molecular weight excluding hydrogens is 332 g/mol. The van der Waals surface area contributed by atoms with Gasteiger partial charge in [-0.2, -0.15) is 5.26 Å². The zero-order chi connectivity index (χ0) is 15.9. The average molecular weight is 348 g/mol. The number of ether oxygens (including phenoxy) is 2. The third-order valence-corrected chi connectivity index (χ3v) is 5.33. The van der Waals surface area contributed by atoms with Crippen LogP contribution in [-0.4, -0.2) is 48.9 Å². The number of benzene rings is 1. The molecule has 0 spiro atoms. The summed E-state index contributed by atoms with van der Waals surface area (Å²) in [5.74, 6) is 1.39. The summed E-state index contributed by atoms with van der Waals surface area (Å²) in [6.07, 6.45) is 0. The molecule has 0 unspecified atom stereocenters. The van der Waals surface area contributed by atoms with E-state index in [0.29, 0.717) is 17.9 Å². The lowest BCUT2D eigenvalue weighted by molar-refractivity contribution is 0.122. The van der Waals surface area contributed by atoms with E-state index < -0.39 is 0 Å². The standard InChI is InChI=1S/C15H16N4O2S2/c16-11-12-3-1-2-4-13(12)21-9-10-22-15-18-17-14(23-15)19-5-7-20-8-6-19/h1-4H,5-10H2. The lowest BCUT2D eigenvalue weighted by atomic mass is 10.2. The van der Waals surface area contributed by atoms with Gasteiger partial charge in [-0.1, -0.05) is 35.2 Å². The molecule has 0 N–H and O–H groups in total. The summed E-state index contributed by atoms with van der Waals surface area (Å²) in [5.41, 5.74) is 0.558. The Bertz CT molecular complexity index is 680. The second kappa shape index (κ2) is 8.15. The van der Waals surface area contributed by atoms with Crippen molar-refractivity contribution in [3.8, 4) is 11.8 Å². The lowest BCUT2D eigenvalue weighted by Crippen LogP contribution is -2.36. The van der Waals surface area contributed by atoms with Crippen LogP contribution in [0, 0.1) is 11.3 Å². The van der Waals surface area contributed by atoms with Crippen LogP contribution >= 0.6 is 23.1 Å². The molecule has 0 radical (unpaired) electrons. The second-order valence-electron chi connectivity index (χ2n) is 4.75. The van der Waals surface area contributed by atoms with Crippen LogP contribution in [0.5, 0.6) is 5.75 Å². The Morgan fingerprint density at radius 1 is 1.30 bits per heavy atom. The van der Waals surface area contributed by atoms with Gasteiger partial charge in [-0.25, -0.2) is 0 Å². The minimum atomic E-state index is 0.524. The fourth-order valence-corrected chi connectivity index (χ4v) is 3.89. The SMILES string of the molecule is N#Cc1ccccc1OCCSc1nnc(N2CCOCC2)s1. The Kier molecular flexibility index (Phi) is 5.69. The van der Waals surface area contributed by atoms with Crippen molar-refractivity contribution >= 4 is 28.2 Å². The molecule has 1 fully saturated rings. The van der Waals surface area contributed by atoms with Crippen LogP contribution in [-0.2, 0) is 4.74 Å². The number of hydrogen-bond acceptors (Lipinski definition) is 8. The average Bonchev–Trinajstić information content (AvgIpc) is 3.09. The Hall–Kier alpha value is -1.82. The van der Waals surface area contributed by atoms with Crippen LogP contribution < -0.4 is 9.64 Å². The molecule has 6 nitrogen and oxygen atoms in total. The number of morpholine rings is 1. The van der Waals surface area contributed by atoms with Crippen molar-refractivity contribution in [1.82, 2.24) is 10.2 Å². The summed E-state index contributed by atoms with van der Waals surface area (Å²) in [7, 11) is 0. The third-order valence-electron chi connectivity index (χ3n) is 3.25. The number of anilines is 1. The summed E-state index contributed by atoms with van der Waals surface area (Å²) < 4.78 is 11.9. The predicted molar refractivity (Wildman–Crippen MR) is 90.3 cm³/mol. The van der Waals surface area contributed by atoms with Crippen molar-refractivity contribution in [3.05, 3.63) is 29.8 Å². The van der Waals surface area contributed by atoms with Crippen molar-refractivity contribution in [2.24, 2.45) is 0 Å². The van der Waals surface area contributed by atoms with E-state index in [1.807, 2.05) is 18.2 Å². The van der Waals surface area contributed by atoms with Gasteiger partial charge in [0, 0.05) is 18.8 Å². The van der Waals surface area contributed by atoms with Crippen molar-refractivity contribution < 1.29 is 9.47 Å². The van der Waals surface area contributed by atoms with Crippen molar-refractivity contribution in [1.29, 1.82) is 5.26 Å². The molecule has 0 saturated carbocycles. The van der Waals surface area contributed by atoms with Crippen LogP contribution in [0.1, 0.15) is 5.56 Å². The second-order valence-corrected chi connectivity index (χ2v) is 7.05. The summed E-state index contributed by atoms with van der Waals surface area (Å²) in [6.45, 7) is 3.75. The molecule has 1 aliphatic heterocycles. The molecule has 23 heavy (non-hydrogen) atoms. The Labute approximate surface area is 143 Å². The van der Waals surface area contributed by atoms with Gasteiger partial charge in [0.1, 0.15) is 11.8 Å².